The van der Waals surface area contributed by atoms with Crippen molar-refractivity contribution in [3.05, 3.63) is 124 Å². The van der Waals surface area contributed by atoms with Gasteiger partial charge in [0, 0.05) is 46.7 Å². The lowest BCUT2D eigenvalue weighted by molar-refractivity contribution is -0.107. The maximum atomic E-state index is 14.7. The molecule has 0 aliphatic carbocycles. The number of benzene rings is 3. The molecule has 5 aromatic rings. The molecule has 6 nitrogen and oxygen atoms in total. The average molecular weight is 544 g/mol. The van der Waals surface area contributed by atoms with Crippen LogP contribution >= 0.6 is 11.6 Å². The lowest BCUT2D eigenvalue weighted by atomic mass is 10.1. The molecule has 39 heavy (non-hydrogen) atoms. The lowest BCUT2D eigenvalue weighted by Gasteiger charge is -2.19. The van der Waals surface area contributed by atoms with Gasteiger partial charge in [0.25, 0.3) is 0 Å². The molecule has 0 unspecified atom stereocenters. The van der Waals surface area contributed by atoms with Gasteiger partial charge in [-0.25, -0.2) is 4.39 Å². The van der Waals surface area contributed by atoms with Gasteiger partial charge in [-0.1, -0.05) is 48.0 Å². The second kappa shape index (κ2) is 12.1. The summed E-state index contributed by atoms with van der Waals surface area (Å²) in [5.41, 5.74) is 5.65. The summed E-state index contributed by atoms with van der Waals surface area (Å²) in [6.45, 7) is 1.10. The number of methoxy groups -OCH3 is 1. The molecule has 2 heterocycles. The van der Waals surface area contributed by atoms with E-state index in [1.165, 1.54) is 11.0 Å². The molecule has 3 aromatic carbocycles. The number of pyridine rings is 1. The number of H-pyrrole nitrogens is 1. The van der Waals surface area contributed by atoms with Crippen LogP contribution in [0.2, 0.25) is 5.02 Å². The summed E-state index contributed by atoms with van der Waals surface area (Å²) in [5.74, 6) is 0.414. The Labute approximate surface area is 231 Å². The zero-order valence-electron chi connectivity index (χ0n) is 21.4. The van der Waals surface area contributed by atoms with Gasteiger partial charge in [0.05, 0.1) is 31.9 Å². The van der Waals surface area contributed by atoms with E-state index in [4.69, 9.17) is 21.1 Å². The van der Waals surface area contributed by atoms with Gasteiger partial charge in [0.1, 0.15) is 11.6 Å². The third-order valence-corrected chi connectivity index (χ3v) is 6.82. The molecular weight excluding hydrogens is 517 g/mol. The highest BCUT2D eigenvalue weighted by atomic mass is 35.5. The molecule has 5 rings (SSSR count). The van der Waals surface area contributed by atoms with E-state index in [-0.39, 0.29) is 6.54 Å². The number of carbonyl (C=O) groups excluding carboxylic acids is 1. The number of fused-ring (bicyclic) bond motifs is 1. The van der Waals surface area contributed by atoms with Crippen LogP contribution in [0.3, 0.4) is 0 Å². The molecule has 0 aliphatic rings. The first-order valence-corrected chi connectivity index (χ1v) is 12.8. The zero-order chi connectivity index (χ0) is 27.2. The van der Waals surface area contributed by atoms with E-state index in [1.807, 2.05) is 54.6 Å². The second-order valence-electron chi connectivity index (χ2n) is 9.20. The smallest absolute Gasteiger partial charge is 0.214 e. The SMILES string of the molecule is COc1ccc(COCc2ccc(Cc3cc(N(C=O)Cc4cc5c(Cl)c[nH]c5cc4F)ccn3)cc2)cc1. The summed E-state index contributed by atoms with van der Waals surface area (Å²) >= 11 is 6.20. The van der Waals surface area contributed by atoms with Gasteiger partial charge < -0.3 is 19.4 Å². The Morgan fingerprint density at radius 1 is 0.974 bits per heavy atom. The van der Waals surface area contributed by atoms with Crippen molar-refractivity contribution >= 4 is 34.6 Å². The fourth-order valence-corrected chi connectivity index (χ4v) is 4.57. The standard InChI is InChI=1S/C31H27ClFN3O3/c1-38-27-8-6-23(7-9-27)19-39-18-22-4-2-21(3-5-22)12-25-14-26(10-11-34-25)36(20-37)17-24-13-28-29(32)16-35-31(28)15-30(24)33/h2-11,13-16,20,35H,12,17-19H2,1H3. The number of halogens is 2. The molecule has 1 amide bonds. The predicted molar refractivity (Wildman–Crippen MR) is 150 cm³/mol. The maximum absolute atomic E-state index is 14.7. The van der Waals surface area contributed by atoms with Crippen molar-refractivity contribution in [2.75, 3.05) is 12.0 Å². The first kappa shape index (κ1) is 26.4. The molecule has 0 saturated carbocycles. The summed E-state index contributed by atoms with van der Waals surface area (Å²) in [4.78, 5) is 20.8. The van der Waals surface area contributed by atoms with Crippen LogP contribution < -0.4 is 9.64 Å². The number of rotatable bonds is 11. The Bertz CT molecular complexity index is 1570. The Balaban J connectivity index is 1.20. The van der Waals surface area contributed by atoms with Crippen molar-refractivity contribution in [1.82, 2.24) is 9.97 Å². The molecule has 1 N–H and O–H groups in total. The van der Waals surface area contributed by atoms with Crippen LogP contribution in [0.1, 0.15) is 27.9 Å². The monoisotopic (exact) mass is 543 g/mol. The number of aromatic nitrogens is 2. The Kier molecular flexibility index (Phi) is 8.20. The number of hydrogen-bond donors (Lipinski definition) is 1. The van der Waals surface area contributed by atoms with Gasteiger partial charge in [0.15, 0.2) is 0 Å². The van der Waals surface area contributed by atoms with E-state index in [1.54, 1.807) is 31.6 Å². The third-order valence-electron chi connectivity index (χ3n) is 6.50. The molecule has 0 spiro atoms. The van der Waals surface area contributed by atoms with Gasteiger partial charge in [-0.05, 0) is 53.1 Å². The van der Waals surface area contributed by atoms with E-state index in [2.05, 4.69) is 9.97 Å². The fraction of sp³-hybridized carbons (Fsp3) is 0.161. The van der Waals surface area contributed by atoms with Crippen LogP contribution in [-0.4, -0.2) is 23.5 Å². The summed E-state index contributed by atoms with van der Waals surface area (Å²) in [7, 11) is 1.65. The van der Waals surface area contributed by atoms with Gasteiger partial charge in [-0.3, -0.25) is 9.78 Å². The second-order valence-corrected chi connectivity index (χ2v) is 9.61. The van der Waals surface area contributed by atoms with Gasteiger partial charge in [0.2, 0.25) is 6.41 Å². The quantitative estimate of drug-likeness (QED) is 0.185. The summed E-state index contributed by atoms with van der Waals surface area (Å²) in [6, 6.07) is 22.6. The van der Waals surface area contributed by atoms with Crippen molar-refractivity contribution in [3.63, 3.8) is 0 Å². The highest BCUT2D eigenvalue weighted by Crippen LogP contribution is 2.27. The first-order chi connectivity index (χ1) is 19.0. The number of ether oxygens (including phenoxy) is 2. The summed E-state index contributed by atoms with van der Waals surface area (Å²) in [6.07, 6.45) is 4.56. The van der Waals surface area contributed by atoms with E-state index >= 15 is 0 Å². The van der Waals surface area contributed by atoms with Crippen LogP contribution in [0, 0.1) is 5.82 Å². The van der Waals surface area contributed by atoms with Gasteiger partial charge in [-0.2, -0.15) is 0 Å². The normalized spacial score (nSPS) is 11.1. The number of carbonyl (C=O) groups is 1. The van der Waals surface area contributed by atoms with Crippen LogP contribution in [0.5, 0.6) is 5.75 Å². The number of aromatic amines is 1. The topological polar surface area (TPSA) is 67.5 Å². The molecule has 0 aliphatic heterocycles. The summed E-state index contributed by atoms with van der Waals surface area (Å²) < 4.78 is 25.7. The minimum atomic E-state index is -0.407. The van der Waals surface area contributed by atoms with Crippen molar-refractivity contribution in [2.24, 2.45) is 0 Å². The van der Waals surface area contributed by atoms with Crippen LogP contribution in [0.15, 0.2) is 85.2 Å². The highest BCUT2D eigenvalue weighted by Gasteiger charge is 2.14. The van der Waals surface area contributed by atoms with Gasteiger partial charge >= 0.3 is 0 Å². The molecule has 0 fully saturated rings. The van der Waals surface area contributed by atoms with E-state index in [0.29, 0.717) is 53.2 Å². The van der Waals surface area contributed by atoms with Gasteiger partial charge in [-0.15, -0.1) is 0 Å². The number of anilines is 1. The molecule has 198 valence electrons. The molecule has 0 bridgehead atoms. The predicted octanol–water partition coefficient (Wildman–Crippen LogP) is 6.83. The van der Waals surface area contributed by atoms with Crippen molar-refractivity contribution in [2.45, 2.75) is 26.2 Å². The minimum absolute atomic E-state index is 0.0709. The molecular formula is C31H27ClFN3O3. The van der Waals surface area contributed by atoms with Crippen molar-refractivity contribution < 1.29 is 18.7 Å². The van der Waals surface area contributed by atoms with E-state index in [0.717, 1.165) is 28.1 Å². The largest absolute Gasteiger partial charge is 0.497 e. The summed E-state index contributed by atoms with van der Waals surface area (Å²) in [5, 5.41) is 1.22. The number of hydrogen-bond acceptors (Lipinski definition) is 4. The molecule has 8 heteroatoms. The van der Waals surface area contributed by atoms with E-state index < -0.39 is 5.82 Å². The highest BCUT2D eigenvalue weighted by molar-refractivity contribution is 6.35. The molecule has 0 saturated heterocycles. The van der Waals surface area contributed by atoms with Crippen molar-refractivity contribution in [3.8, 4) is 5.75 Å². The van der Waals surface area contributed by atoms with Crippen LogP contribution in [0.25, 0.3) is 10.9 Å². The number of amides is 1. The van der Waals surface area contributed by atoms with E-state index in [9.17, 15) is 9.18 Å². The fourth-order valence-electron chi connectivity index (χ4n) is 4.36. The lowest BCUT2D eigenvalue weighted by Crippen LogP contribution is -2.21. The Morgan fingerprint density at radius 2 is 1.67 bits per heavy atom. The number of nitrogens with one attached hydrogen (secondary N) is 1. The van der Waals surface area contributed by atoms with Crippen LogP contribution in [0.4, 0.5) is 10.1 Å². The third kappa shape index (κ3) is 6.45. The number of nitrogens with zero attached hydrogens (tertiary/aromatic N) is 2. The van der Waals surface area contributed by atoms with Crippen LogP contribution in [-0.2, 0) is 35.7 Å². The Hall–Kier alpha value is -4.20. The zero-order valence-corrected chi connectivity index (χ0v) is 22.1. The molecule has 0 radical (unpaired) electrons. The molecule has 0 atom stereocenters. The average Bonchev–Trinajstić information content (AvgIpc) is 3.32. The van der Waals surface area contributed by atoms with Crippen molar-refractivity contribution in [1.29, 1.82) is 0 Å². The molecule has 2 aromatic heterocycles. The Morgan fingerprint density at radius 3 is 2.36 bits per heavy atom. The maximum Gasteiger partial charge on any atom is 0.214 e. The first-order valence-electron chi connectivity index (χ1n) is 12.4. The minimum Gasteiger partial charge on any atom is -0.497 e.